The average Bonchev–Trinajstić information content (AvgIpc) is 2.49. The van der Waals surface area contributed by atoms with Crippen molar-refractivity contribution in [3.05, 3.63) is 64.8 Å². The average molecular weight is 266 g/mol. The van der Waals surface area contributed by atoms with E-state index in [1.165, 1.54) is 6.20 Å². The van der Waals surface area contributed by atoms with Gasteiger partial charge in [-0.3, -0.25) is 14.6 Å². The van der Waals surface area contributed by atoms with Gasteiger partial charge in [-0.1, -0.05) is 18.2 Å². The Morgan fingerprint density at radius 1 is 1.10 bits per heavy atom. The number of aromatic nitrogens is 3. The summed E-state index contributed by atoms with van der Waals surface area (Å²) in [6.07, 6.45) is 3.15. The van der Waals surface area contributed by atoms with Gasteiger partial charge in [-0.2, -0.15) is 5.10 Å². The van der Waals surface area contributed by atoms with Gasteiger partial charge in [-0.15, -0.1) is 0 Å². The Balaban J connectivity index is 2.04. The second-order valence-electron chi connectivity index (χ2n) is 4.14. The Hall–Kier alpha value is -3.02. The van der Waals surface area contributed by atoms with E-state index in [2.05, 4.69) is 20.5 Å². The number of carbonyl (C=O) groups excluding carboxylic acids is 1. The first kappa shape index (κ1) is 12.0. The molecule has 0 radical (unpaired) electrons. The molecular formula is C14H10N4O2. The lowest BCUT2D eigenvalue weighted by molar-refractivity contribution is 0.102. The lowest BCUT2D eigenvalue weighted by Gasteiger charge is -2.06. The predicted molar refractivity (Wildman–Crippen MR) is 74.6 cm³/mol. The van der Waals surface area contributed by atoms with Crippen LogP contribution in [0.3, 0.4) is 0 Å². The molecule has 2 N–H and O–H groups in total. The highest BCUT2D eigenvalue weighted by Crippen LogP contribution is 2.14. The zero-order valence-corrected chi connectivity index (χ0v) is 10.3. The fourth-order valence-corrected chi connectivity index (χ4v) is 1.91. The van der Waals surface area contributed by atoms with E-state index >= 15 is 0 Å². The number of carbonyl (C=O) groups is 1. The van der Waals surface area contributed by atoms with Crippen molar-refractivity contribution in [2.75, 3.05) is 5.32 Å². The summed E-state index contributed by atoms with van der Waals surface area (Å²) in [6, 6.07) is 10.3. The van der Waals surface area contributed by atoms with Crippen LogP contribution in [0, 0.1) is 0 Å². The standard InChI is InChI=1S/C14H10N4O2/c19-13-11-6-2-1-5-10(11)12(17-18-13)14(20)16-9-4-3-7-15-8-9/h1-8H,(H,16,20)(H,18,19). The Bertz CT molecular complexity index is 827. The molecule has 0 atom stereocenters. The van der Waals surface area contributed by atoms with E-state index in [1.54, 1.807) is 42.6 Å². The van der Waals surface area contributed by atoms with Gasteiger partial charge >= 0.3 is 0 Å². The molecule has 0 aliphatic rings. The number of hydrogen-bond donors (Lipinski definition) is 2. The highest BCUT2D eigenvalue weighted by molar-refractivity contribution is 6.10. The molecule has 0 spiro atoms. The van der Waals surface area contributed by atoms with Crippen LogP contribution in [0.1, 0.15) is 10.5 Å². The van der Waals surface area contributed by atoms with Gasteiger partial charge in [-0.25, -0.2) is 5.10 Å². The van der Waals surface area contributed by atoms with Crippen molar-refractivity contribution in [2.24, 2.45) is 0 Å². The van der Waals surface area contributed by atoms with Crippen LogP contribution in [-0.2, 0) is 0 Å². The molecule has 3 aromatic rings. The number of nitrogens with zero attached hydrogens (tertiary/aromatic N) is 2. The normalized spacial score (nSPS) is 10.4. The molecule has 0 saturated carbocycles. The monoisotopic (exact) mass is 266 g/mol. The van der Waals surface area contributed by atoms with Gasteiger partial charge in [0.05, 0.1) is 17.3 Å². The predicted octanol–water partition coefficient (Wildman–Crippen LogP) is 1.57. The number of hydrogen-bond acceptors (Lipinski definition) is 4. The Morgan fingerprint density at radius 2 is 1.90 bits per heavy atom. The lowest BCUT2D eigenvalue weighted by Crippen LogP contribution is -2.19. The van der Waals surface area contributed by atoms with Crippen LogP contribution in [0.2, 0.25) is 0 Å². The number of benzene rings is 1. The second-order valence-corrected chi connectivity index (χ2v) is 4.14. The maximum Gasteiger partial charge on any atom is 0.276 e. The van der Waals surface area contributed by atoms with E-state index in [4.69, 9.17) is 0 Å². The quantitative estimate of drug-likeness (QED) is 0.737. The van der Waals surface area contributed by atoms with Crippen molar-refractivity contribution in [2.45, 2.75) is 0 Å². The van der Waals surface area contributed by atoms with Crippen LogP contribution in [0.25, 0.3) is 10.8 Å². The van der Waals surface area contributed by atoms with Crippen LogP contribution in [0.15, 0.2) is 53.6 Å². The van der Waals surface area contributed by atoms with Crippen molar-refractivity contribution < 1.29 is 4.79 Å². The number of pyridine rings is 1. The number of nitrogens with one attached hydrogen (secondary N) is 2. The van der Waals surface area contributed by atoms with Crippen LogP contribution >= 0.6 is 0 Å². The largest absolute Gasteiger partial charge is 0.319 e. The first-order chi connectivity index (χ1) is 9.75. The van der Waals surface area contributed by atoms with E-state index in [-0.39, 0.29) is 11.3 Å². The Kier molecular flexibility index (Phi) is 2.96. The fourth-order valence-electron chi connectivity index (χ4n) is 1.91. The minimum atomic E-state index is -0.398. The van der Waals surface area contributed by atoms with Crippen LogP contribution < -0.4 is 10.9 Å². The summed E-state index contributed by atoms with van der Waals surface area (Å²) in [5.41, 5.74) is 0.414. The first-order valence-electron chi connectivity index (χ1n) is 5.94. The molecule has 0 aliphatic carbocycles. The maximum atomic E-state index is 12.2. The van der Waals surface area contributed by atoms with Gasteiger partial charge in [0.15, 0.2) is 5.69 Å². The van der Waals surface area contributed by atoms with Crippen molar-refractivity contribution in [1.29, 1.82) is 0 Å². The summed E-state index contributed by atoms with van der Waals surface area (Å²) < 4.78 is 0. The number of H-pyrrole nitrogens is 1. The molecule has 98 valence electrons. The third-order valence-electron chi connectivity index (χ3n) is 2.83. The molecule has 20 heavy (non-hydrogen) atoms. The third-order valence-corrected chi connectivity index (χ3v) is 2.83. The summed E-state index contributed by atoms with van der Waals surface area (Å²) in [5.74, 6) is -0.398. The zero-order chi connectivity index (χ0) is 13.9. The number of rotatable bonds is 2. The molecule has 0 aliphatic heterocycles. The summed E-state index contributed by atoms with van der Waals surface area (Å²) in [7, 11) is 0. The van der Waals surface area contributed by atoms with Crippen molar-refractivity contribution in [3.63, 3.8) is 0 Å². The summed E-state index contributed by atoms with van der Waals surface area (Å²) in [6.45, 7) is 0. The van der Waals surface area contributed by atoms with Gasteiger partial charge in [0.25, 0.3) is 11.5 Å². The van der Waals surface area contributed by atoms with E-state index in [0.717, 1.165) is 0 Å². The SMILES string of the molecule is O=C(Nc1cccnc1)c1n[nH]c(=O)c2ccccc12. The highest BCUT2D eigenvalue weighted by atomic mass is 16.2. The van der Waals surface area contributed by atoms with Gasteiger partial charge in [0, 0.05) is 11.6 Å². The van der Waals surface area contributed by atoms with Crippen LogP contribution in [0.4, 0.5) is 5.69 Å². The van der Waals surface area contributed by atoms with Crippen LogP contribution in [-0.4, -0.2) is 21.1 Å². The van der Waals surface area contributed by atoms with E-state index in [0.29, 0.717) is 16.5 Å². The molecule has 1 amide bonds. The molecule has 0 saturated heterocycles. The van der Waals surface area contributed by atoms with Gasteiger partial charge in [0.2, 0.25) is 0 Å². The molecule has 2 aromatic heterocycles. The Morgan fingerprint density at radius 3 is 2.65 bits per heavy atom. The van der Waals surface area contributed by atoms with E-state index in [1.807, 2.05) is 0 Å². The highest BCUT2D eigenvalue weighted by Gasteiger charge is 2.13. The van der Waals surface area contributed by atoms with Gasteiger partial charge in [-0.05, 0) is 18.2 Å². The maximum absolute atomic E-state index is 12.2. The molecule has 1 aromatic carbocycles. The number of anilines is 1. The van der Waals surface area contributed by atoms with E-state index < -0.39 is 5.91 Å². The summed E-state index contributed by atoms with van der Waals surface area (Å²) >= 11 is 0. The van der Waals surface area contributed by atoms with Crippen molar-refractivity contribution >= 4 is 22.4 Å². The number of aromatic amines is 1. The molecule has 6 nitrogen and oxygen atoms in total. The minimum absolute atomic E-state index is 0.170. The lowest BCUT2D eigenvalue weighted by atomic mass is 10.1. The molecular weight excluding hydrogens is 256 g/mol. The zero-order valence-electron chi connectivity index (χ0n) is 10.3. The van der Waals surface area contributed by atoms with Gasteiger partial charge in [0.1, 0.15) is 0 Å². The molecule has 3 rings (SSSR count). The Labute approximate surface area is 113 Å². The van der Waals surface area contributed by atoms with E-state index in [9.17, 15) is 9.59 Å². The summed E-state index contributed by atoms with van der Waals surface area (Å²) in [5, 5.41) is 9.79. The molecule has 0 fully saturated rings. The molecule has 0 bridgehead atoms. The van der Waals surface area contributed by atoms with Crippen LogP contribution in [0.5, 0.6) is 0 Å². The number of fused-ring (bicyclic) bond motifs is 1. The fraction of sp³-hybridized carbons (Fsp3) is 0. The van der Waals surface area contributed by atoms with Crippen molar-refractivity contribution in [1.82, 2.24) is 15.2 Å². The minimum Gasteiger partial charge on any atom is -0.319 e. The topological polar surface area (TPSA) is 87.7 Å². The first-order valence-corrected chi connectivity index (χ1v) is 5.94. The molecule has 6 heteroatoms. The molecule has 0 unspecified atom stereocenters. The molecule has 2 heterocycles. The van der Waals surface area contributed by atoms with Gasteiger partial charge < -0.3 is 5.32 Å². The number of amides is 1. The summed E-state index contributed by atoms with van der Waals surface area (Å²) in [4.78, 5) is 27.8. The van der Waals surface area contributed by atoms with Crippen molar-refractivity contribution in [3.8, 4) is 0 Å². The second kappa shape index (κ2) is 4.93. The smallest absolute Gasteiger partial charge is 0.276 e. The third kappa shape index (κ3) is 2.14.